The first-order valence-corrected chi connectivity index (χ1v) is 8.49. The minimum absolute atomic E-state index is 0.0723. The second-order valence-corrected chi connectivity index (χ2v) is 6.33. The number of amides is 1. The van der Waals surface area contributed by atoms with Crippen LogP contribution in [0.3, 0.4) is 0 Å². The normalized spacial score (nSPS) is 15.7. The zero-order chi connectivity index (χ0) is 16.7. The van der Waals surface area contributed by atoms with Crippen LogP contribution in [0.1, 0.15) is 20.3 Å². The number of benzene rings is 1. The molecule has 128 valence electrons. The molecule has 1 fully saturated rings. The van der Waals surface area contributed by atoms with Gasteiger partial charge in [0.05, 0.1) is 7.11 Å². The van der Waals surface area contributed by atoms with Gasteiger partial charge in [-0.3, -0.25) is 9.69 Å². The number of rotatable bonds is 7. The molecule has 1 amide bonds. The zero-order valence-electron chi connectivity index (χ0n) is 14.5. The smallest absolute Gasteiger partial charge is 0.222 e. The molecule has 5 heteroatoms. The molecule has 1 saturated heterocycles. The van der Waals surface area contributed by atoms with Crippen LogP contribution >= 0.6 is 0 Å². The first-order valence-electron chi connectivity index (χ1n) is 8.49. The third-order valence-corrected chi connectivity index (χ3v) is 4.28. The van der Waals surface area contributed by atoms with Crippen molar-refractivity contribution < 1.29 is 9.53 Å². The van der Waals surface area contributed by atoms with E-state index >= 15 is 0 Å². The molecule has 0 aliphatic carbocycles. The summed E-state index contributed by atoms with van der Waals surface area (Å²) in [5.74, 6) is 1.12. The Labute approximate surface area is 139 Å². The number of methoxy groups -OCH3 is 1. The number of hydrogen-bond acceptors (Lipinski definition) is 4. The van der Waals surface area contributed by atoms with E-state index in [0.29, 0.717) is 0 Å². The second-order valence-electron chi connectivity index (χ2n) is 6.33. The maximum Gasteiger partial charge on any atom is 0.222 e. The maximum absolute atomic E-state index is 11.5. The molecule has 23 heavy (non-hydrogen) atoms. The molecule has 0 unspecified atom stereocenters. The molecule has 0 aromatic heterocycles. The van der Waals surface area contributed by atoms with E-state index in [4.69, 9.17) is 4.74 Å². The number of nitrogens with one attached hydrogen (secondary N) is 1. The lowest BCUT2D eigenvalue weighted by molar-refractivity contribution is -0.123. The summed E-state index contributed by atoms with van der Waals surface area (Å²) in [6.07, 6.45) is 1.01. The molecule has 1 aliphatic heterocycles. The number of hydrogen-bond donors (Lipinski definition) is 1. The minimum Gasteiger partial charge on any atom is -0.497 e. The molecule has 1 heterocycles. The molecule has 0 saturated carbocycles. The fraction of sp³-hybridized carbons (Fsp3) is 0.611. The van der Waals surface area contributed by atoms with Gasteiger partial charge < -0.3 is 15.0 Å². The van der Waals surface area contributed by atoms with Crippen LogP contribution in [0.15, 0.2) is 24.3 Å². The summed E-state index contributed by atoms with van der Waals surface area (Å²) in [6, 6.07) is 8.27. The monoisotopic (exact) mass is 319 g/mol. The van der Waals surface area contributed by atoms with E-state index < -0.39 is 0 Å². The lowest BCUT2D eigenvalue weighted by atomic mass is 10.2. The fourth-order valence-corrected chi connectivity index (χ4v) is 2.74. The van der Waals surface area contributed by atoms with Crippen LogP contribution < -0.4 is 15.0 Å². The van der Waals surface area contributed by atoms with Crippen LogP contribution in [0.25, 0.3) is 0 Å². The van der Waals surface area contributed by atoms with E-state index in [1.54, 1.807) is 7.11 Å². The number of ether oxygens (including phenoxy) is 1. The molecule has 2 rings (SSSR count). The molecule has 1 N–H and O–H groups in total. The Kier molecular flexibility index (Phi) is 6.71. The van der Waals surface area contributed by atoms with Gasteiger partial charge in [0.2, 0.25) is 5.91 Å². The molecule has 0 bridgehead atoms. The largest absolute Gasteiger partial charge is 0.497 e. The summed E-state index contributed by atoms with van der Waals surface area (Å²) in [6.45, 7) is 9.91. The Balaban J connectivity index is 1.66. The van der Waals surface area contributed by atoms with Crippen molar-refractivity contribution in [3.8, 4) is 5.75 Å². The third-order valence-electron chi connectivity index (χ3n) is 4.28. The van der Waals surface area contributed by atoms with Gasteiger partial charge in [-0.25, -0.2) is 0 Å². The molecule has 1 aromatic rings. The van der Waals surface area contributed by atoms with Crippen LogP contribution in [0.2, 0.25) is 0 Å². The Hall–Kier alpha value is -1.75. The summed E-state index contributed by atoms with van der Waals surface area (Å²) in [4.78, 5) is 16.4. The van der Waals surface area contributed by atoms with E-state index in [1.807, 2.05) is 26.0 Å². The summed E-state index contributed by atoms with van der Waals surface area (Å²) in [5, 5.41) is 2.98. The summed E-state index contributed by atoms with van der Waals surface area (Å²) >= 11 is 0. The topological polar surface area (TPSA) is 44.8 Å². The van der Waals surface area contributed by atoms with Gasteiger partial charge in [-0.1, -0.05) is 13.8 Å². The highest BCUT2D eigenvalue weighted by atomic mass is 16.5. The molecular formula is C18H29N3O2. The van der Waals surface area contributed by atoms with Crippen LogP contribution in [-0.4, -0.2) is 57.2 Å². The standard InChI is InChI=1S/C18H29N3O2/c1-15(2)18(22)19-9-4-10-20-11-13-21(14-12-20)16-5-7-17(23-3)8-6-16/h5-8,15H,4,9-14H2,1-3H3,(H,19,22). The Morgan fingerprint density at radius 2 is 1.83 bits per heavy atom. The predicted octanol–water partition coefficient (Wildman–Crippen LogP) is 1.98. The first kappa shape index (κ1) is 17.6. The van der Waals surface area contributed by atoms with Crippen LogP contribution in [0.4, 0.5) is 5.69 Å². The average molecular weight is 319 g/mol. The Bertz CT molecular complexity index is 480. The van der Waals surface area contributed by atoms with Crippen molar-refractivity contribution in [1.82, 2.24) is 10.2 Å². The van der Waals surface area contributed by atoms with E-state index in [2.05, 4.69) is 27.2 Å². The summed E-state index contributed by atoms with van der Waals surface area (Å²) < 4.78 is 5.20. The number of anilines is 1. The second kappa shape index (κ2) is 8.77. The zero-order valence-corrected chi connectivity index (χ0v) is 14.5. The highest BCUT2D eigenvalue weighted by molar-refractivity contribution is 5.77. The Morgan fingerprint density at radius 3 is 2.39 bits per heavy atom. The number of carbonyl (C=O) groups is 1. The van der Waals surface area contributed by atoms with Crippen molar-refractivity contribution in [3.63, 3.8) is 0 Å². The van der Waals surface area contributed by atoms with Gasteiger partial charge in [0, 0.05) is 44.3 Å². The molecule has 5 nitrogen and oxygen atoms in total. The van der Waals surface area contributed by atoms with E-state index in [1.165, 1.54) is 5.69 Å². The van der Waals surface area contributed by atoms with E-state index in [9.17, 15) is 4.79 Å². The van der Waals surface area contributed by atoms with Crippen molar-refractivity contribution >= 4 is 11.6 Å². The Morgan fingerprint density at radius 1 is 1.17 bits per heavy atom. The van der Waals surface area contributed by atoms with Gasteiger partial charge >= 0.3 is 0 Å². The number of nitrogens with zero attached hydrogens (tertiary/aromatic N) is 2. The summed E-state index contributed by atoms with van der Waals surface area (Å²) in [7, 11) is 1.69. The van der Waals surface area contributed by atoms with Gasteiger partial charge in [0.15, 0.2) is 0 Å². The van der Waals surface area contributed by atoms with Gasteiger partial charge in [-0.2, -0.15) is 0 Å². The maximum atomic E-state index is 11.5. The number of carbonyl (C=O) groups excluding carboxylic acids is 1. The van der Waals surface area contributed by atoms with E-state index in [0.717, 1.165) is 51.4 Å². The quantitative estimate of drug-likeness (QED) is 0.781. The lowest BCUT2D eigenvalue weighted by Gasteiger charge is -2.36. The molecule has 1 aliphatic rings. The minimum atomic E-state index is 0.0723. The fourth-order valence-electron chi connectivity index (χ4n) is 2.74. The highest BCUT2D eigenvalue weighted by Gasteiger charge is 2.17. The number of piperazine rings is 1. The van der Waals surface area contributed by atoms with Crippen LogP contribution in [0.5, 0.6) is 5.75 Å². The predicted molar refractivity (Wildman–Crippen MR) is 94.1 cm³/mol. The van der Waals surface area contributed by atoms with Crippen molar-refractivity contribution in [1.29, 1.82) is 0 Å². The van der Waals surface area contributed by atoms with Crippen molar-refractivity contribution in [2.75, 3.05) is 51.3 Å². The average Bonchev–Trinajstić information content (AvgIpc) is 2.59. The van der Waals surface area contributed by atoms with E-state index in [-0.39, 0.29) is 11.8 Å². The molecule has 0 radical (unpaired) electrons. The van der Waals surface area contributed by atoms with Gasteiger partial charge in [0.25, 0.3) is 0 Å². The van der Waals surface area contributed by atoms with Crippen molar-refractivity contribution in [2.24, 2.45) is 5.92 Å². The van der Waals surface area contributed by atoms with Gasteiger partial charge in [0.1, 0.15) is 5.75 Å². The third kappa shape index (κ3) is 5.43. The van der Waals surface area contributed by atoms with Gasteiger partial charge in [-0.15, -0.1) is 0 Å². The molecular weight excluding hydrogens is 290 g/mol. The van der Waals surface area contributed by atoms with Gasteiger partial charge in [-0.05, 0) is 37.2 Å². The summed E-state index contributed by atoms with van der Waals surface area (Å²) in [5.41, 5.74) is 1.26. The SMILES string of the molecule is COc1ccc(N2CCN(CCCNC(=O)C(C)C)CC2)cc1. The van der Waals surface area contributed by atoms with Crippen LogP contribution in [0, 0.1) is 5.92 Å². The van der Waals surface area contributed by atoms with Crippen molar-refractivity contribution in [2.45, 2.75) is 20.3 Å². The molecule has 1 aromatic carbocycles. The molecule has 0 spiro atoms. The highest BCUT2D eigenvalue weighted by Crippen LogP contribution is 2.20. The molecule has 0 atom stereocenters. The van der Waals surface area contributed by atoms with Crippen molar-refractivity contribution in [3.05, 3.63) is 24.3 Å². The van der Waals surface area contributed by atoms with Crippen LogP contribution in [-0.2, 0) is 4.79 Å². The first-order chi connectivity index (χ1) is 11.1. The lowest BCUT2D eigenvalue weighted by Crippen LogP contribution is -2.47.